The van der Waals surface area contributed by atoms with Crippen molar-refractivity contribution in [2.24, 2.45) is 0 Å². The monoisotopic (exact) mass is 439 g/mol. The van der Waals surface area contributed by atoms with Crippen molar-refractivity contribution in [1.82, 2.24) is 9.78 Å². The normalized spacial score (nSPS) is 18.0. The molecule has 31 heavy (non-hydrogen) atoms. The number of methoxy groups -OCH3 is 3. The molecule has 162 valence electrons. The van der Waals surface area contributed by atoms with Crippen molar-refractivity contribution in [1.29, 1.82) is 0 Å². The number of carbonyl (C=O) groups excluding carboxylic acids is 1. The van der Waals surface area contributed by atoms with Gasteiger partial charge in [-0.25, -0.2) is 4.68 Å². The second kappa shape index (κ2) is 8.55. The van der Waals surface area contributed by atoms with Crippen molar-refractivity contribution < 1.29 is 19.0 Å². The maximum Gasteiger partial charge on any atom is 0.238 e. The van der Waals surface area contributed by atoms with Gasteiger partial charge >= 0.3 is 0 Å². The van der Waals surface area contributed by atoms with Gasteiger partial charge in [0.15, 0.2) is 11.5 Å². The minimum atomic E-state index is -0.241. The quantitative estimate of drug-likeness (QED) is 0.636. The number of benzene rings is 2. The van der Waals surface area contributed by atoms with Gasteiger partial charge in [-0.2, -0.15) is 5.10 Å². The lowest BCUT2D eigenvalue weighted by atomic mass is 10.0. The Kier molecular flexibility index (Phi) is 5.82. The molecule has 0 fully saturated rings. The Hall–Kier alpha value is -3.13. The van der Waals surface area contributed by atoms with Crippen LogP contribution >= 0.6 is 11.8 Å². The van der Waals surface area contributed by atoms with Gasteiger partial charge in [0, 0.05) is 5.56 Å². The Bertz CT molecular complexity index is 1110. The summed E-state index contributed by atoms with van der Waals surface area (Å²) in [7, 11) is 4.86. The van der Waals surface area contributed by atoms with E-state index in [1.165, 1.54) is 0 Å². The summed E-state index contributed by atoms with van der Waals surface area (Å²) in [6, 6.07) is 13.5. The first-order valence-corrected chi connectivity index (χ1v) is 10.8. The number of aryl methyl sites for hydroxylation is 1. The van der Waals surface area contributed by atoms with E-state index >= 15 is 0 Å². The molecule has 0 saturated carbocycles. The van der Waals surface area contributed by atoms with Gasteiger partial charge in [0.05, 0.1) is 43.2 Å². The lowest BCUT2D eigenvalue weighted by molar-refractivity contribution is -0.115. The van der Waals surface area contributed by atoms with Gasteiger partial charge in [-0.1, -0.05) is 6.07 Å². The van der Waals surface area contributed by atoms with Gasteiger partial charge in [0.25, 0.3) is 0 Å². The van der Waals surface area contributed by atoms with Gasteiger partial charge in [-0.15, -0.1) is 11.8 Å². The summed E-state index contributed by atoms with van der Waals surface area (Å²) in [5.41, 5.74) is 3.69. The maximum atomic E-state index is 12.8. The van der Waals surface area contributed by atoms with E-state index in [9.17, 15) is 4.79 Å². The largest absolute Gasteiger partial charge is 0.497 e. The molecule has 4 rings (SSSR count). The van der Waals surface area contributed by atoms with E-state index < -0.39 is 0 Å². The van der Waals surface area contributed by atoms with E-state index in [-0.39, 0.29) is 16.4 Å². The van der Waals surface area contributed by atoms with E-state index in [1.54, 1.807) is 37.8 Å². The average Bonchev–Trinajstić information content (AvgIpc) is 3.04. The van der Waals surface area contributed by atoms with E-state index in [4.69, 9.17) is 19.3 Å². The van der Waals surface area contributed by atoms with Crippen LogP contribution in [0.25, 0.3) is 5.69 Å². The molecule has 1 aliphatic heterocycles. The van der Waals surface area contributed by atoms with Crippen LogP contribution in [0.15, 0.2) is 42.5 Å². The van der Waals surface area contributed by atoms with Gasteiger partial charge < -0.3 is 19.5 Å². The highest BCUT2D eigenvalue weighted by Crippen LogP contribution is 2.47. The number of fused-ring (bicyclic) bond motifs is 1. The fraction of sp³-hybridized carbons (Fsp3) is 0.304. The summed E-state index contributed by atoms with van der Waals surface area (Å²) < 4.78 is 18.0. The molecule has 1 aliphatic rings. The van der Waals surface area contributed by atoms with E-state index in [0.717, 1.165) is 28.3 Å². The Morgan fingerprint density at radius 2 is 1.71 bits per heavy atom. The first-order chi connectivity index (χ1) is 15.0. The van der Waals surface area contributed by atoms with Gasteiger partial charge in [0.1, 0.15) is 11.6 Å². The number of thioether (sulfide) groups is 1. The Labute approximate surface area is 185 Å². The first-order valence-electron chi connectivity index (χ1n) is 9.89. The van der Waals surface area contributed by atoms with Crippen LogP contribution in [0.4, 0.5) is 5.82 Å². The number of hydrogen-bond acceptors (Lipinski definition) is 6. The molecule has 0 radical (unpaired) electrons. The Morgan fingerprint density at radius 3 is 2.35 bits per heavy atom. The summed E-state index contributed by atoms with van der Waals surface area (Å²) in [6.07, 6.45) is 0. The highest BCUT2D eigenvalue weighted by Gasteiger charge is 2.34. The minimum absolute atomic E-state index is 0.0520. The van der Waals surface area contributed by atoms with E-state index in [0.29, 0.717) is 17.3 Å². The number of amides is 1. The minimum Gasteiger partial charge on any atom is -0.497 e. The molecular formula is C23H25N3O4S. The third kappa shape index (κ3) is 3.83. The average molecular weight is 440 g/mol. The van der Waals surface area contributed by atoms with Crippen LogP contribution in [0, 0.1) is 6.92 Å². The summed E-state index contributed by atoms with van der Waals surface area (Å²) in [4.78, 5) is 12.8. The van der Waals surface area contributed by atoms with Crippen LogP contribution in [0.1, 0.15) is 29.0 Å². The second-order valence-corrected chi connectivity index (χ2v) is 8.67. The molecule has 2 unspecified atom stereocenters. The van der Waals surface area contributed by atoms with Crippen molar-refractivity contribution in [3.63, 3.8) is 0 Å². The predicted molar refractivity (Wildman–Crippen MR) is 122 cm³/mol. The Balaban J connectivity index is 1.86. The summed E-state index contributed by atoms with van der Waals surface area (Å²) in [5.74, 6) is 2.71. The number of aromatic nitrogens is 2. The van der Waals surface area contributed by atoms with Crippen LogP contribution in [0.2, 0.25) is 0 Å². The predicted octanol–water partition coefficient (Wildman–Crippen LogP) is 4.37. The molecular weight excluding hydrogens is 414 g/mol. The lowest BCUT2D eigenvalue weighted by Crippen LogP contribution is -2.22. The summed E-state index contributed by atoms with van der Waals surface area (Å²) >= 11 is 1.59. The van der Waals surface area contributed by atoms with Crippen LogP contribution in [-0.4, -0.2) is 42.3 Å². The summed E-state index contributed by atoms with van der Waals surface area (Å²) in [6.45, 7) is 3.88. The van der Waals surface area contributed by atoms with Crippen molar-refractivity contribution in [2.45, 2.75) is 24.3 Å². The third-order valence-electron chi connectivity index (χ3n) is 5.35. The molecule has 0 spiro atoms. The highest BCUT2D eigenvalue weighted by atomic mass is 32.2. The van der Waals surface area contributed by atoms with Gasteiger partial charge in [-0.05, 0) is 55.8 Å². The molecule has 0 bridgehead atoms. The van der Waals surface area contributed by atoms with E-state index in [2.05, 4.69) is 5.32 Å². The van der Waals surface area contributed by atoms with Gasteiger partial charge in [-0.3, -0.25) is 4.79 Å². The highest BCUT2D eigenvalue weighted by molar-refractivity contribution is 8.01. The summed E-state index contributed by atoms with van der Waals surface area (Å²) in [5, 5.41) is 7.51. The molecule has 7 nitrogen and oxygen atoms in total. The number of carbonyl (C=O) groups is 1. The lowest BCUT2D eigenvalue weighted by Gasteiger charge is -2.19. The van der Waals surface area contributed by atoms with Crippen molar-refractivity contribution in [2.75, 3.05) is 26.6 Å². The van der Waals surface area contributed by atoms with E-state index in [1.807, 2.05) is 56.3 Å². The van der Waals surface area contributed by atoms with Crippen LogP contribution < -0.4 is 19.5 Å². The first kappa shape index (κ1) is 21.1. The number of nitrogens with zero attached hydrogens (tertiary/aromatic N) is 2. The molecule has 8 heteroatoms. The standard InChI is InChI=1S/C23H25N3O4S/c1-13-20-21(15-6-11-18(29-4)19(12-15)30-5)31-14(2)23(27)24-22(20)26(25-13)16-7-9-17(28-3)10-8-16/h6-12,14,21H,1-5H3,(H,24,27). The molecule has 0 saturated heterocycles. The smallest absolute Gasteiger partial charge is 0.238 e. The van der Waals surface area contributed by atoms with Crippen molar-refractivity contribution in [3.05, 3.63) is 59.3 Å². The van der Waals surface area contributed by atoms with Crippen LogP contribution in [-0.2, 0) is 4.79 Å². The maximum absolute atomic E-state index is 12.8. The Morgan fingerprint density at radius 1 is 1.00 bits per heavy atom. The van der Waals surface area contributed by atoms with Crippen molar-refractivity contribution >= 4 is 23.5 Å². The van der Waals surface area contributed by atoms with Crippen LogP contribution in [0.3, 0.4) is 0 Å². The molecule has 3 aromatic rings. The molecule has 2 aromatic carbocycles. The van der Waals surface area contributed by atoms with Crippen LogP contribution in [0.5, 0.6) is 17.2 Å². The number of hydrogen-bond donors (Lipinski definition) is 1. The third-order valence-corrected chi connectivity index (χ3v) is 6.75. The number of nitrogens with one attached hydrogen (secondary N) is 1. The molecule has 0 aliphatic carbocycles. The van der Waals surface area contributed by atoms with Crippen molar-refractivity contribution in [3.8, 4) is 22.9 Å². The zero-order chi connectivity index (χ0) is 22.1. The second-order valence-electron chi connectivity index (χ2n) is 7.22. The topological polar surface area (TPSA) is 74.6 Å². The molecule has 1 N–H and O–H groups in total. The number of rotatable bonds is 5. The number of anilines is 1. The zero-order valence-electron chi connectivity index (χ0n) is 18.1. The molecule has 1 amide bonds. The fourth-order valence-corrected chi connectivity index (χ4v) is 5.01. The fourth-order valence-electron chi connectivity index (χ4n) is 3.70. The number of ether oxygens (including phenoxy) is 3. The SMILES string of the molecule is COc1ccc(-n2nc(C)c3c2NC(=O)C(C)SC3c2ccc(OC)c(OC)c2)cc1. The zero-order valence-corrected chi connectivity index (χ0v) is 18.9. The van der Waals surface area contributed by atoms with Gasteiger partial charge in [0.2, 0.25) is 5.91 Å². The molecule has 1 aromatic heterocycles. The molecule has 2 heterocycles. The molecule has 2 atom stereocenters.